The van der Waals surface area contributed by atoms with Gasteiger partial charge in [0.15, 0.2) is 0 Å². The Morgan fingerprint density at radius 1 is 1.07 bits per heavy atom. The van der Waals surface area contributed by atoms with Gasteiger partial charge in [0, 0.05) is 12.7 Å². The summed E-state index contributed by atoms with van der Waals surface area (Å²) in [6.45, 7) is 0.364. The van der Waals surface area contributed by atoms with Crippen molar-refractivity contribution in [3.8, 4) is 0 Å². The number of hydrazone groups is 1. The fourth-order valence-corrected chi connectivity index (χ4v) is 3.29. The molecule has 0 bridgehead atoms. The third-order valence-electron chi connectivity index (χ3n) is 4.79. The van der Waals surface area contributed by atoms with Gasteiger partial charge in [-0.1, -0.05) is 18.2 Å². The lowest BCUT2D eigenvalue weighted by atomic mass is 10.1. The Balaban J connectivity index is 1.51. The Kier molecular flexibility index (Phi) is 5.11. The molecule has 4 rings (SSSR count). The van der Waals surface area contributed by atoms with Crippen LogP contribution in [0.25, 0.3) is 0 Å². The van der Waals surface area contributed by atoms with Crippen molar-refractivity contribution in [2.75, 3.05) is 25.3 Å². The van der Waals surface area contributed by atoms with E-state index in [-0.39, 0.29) is 48.0 Å². The van der Waals surface area contributed by atoms with Crippen molar-refractivity contribution < 1.29 is 23.9 Å². The molecule has 152 valence electrons. The van der Waals surface area contributed by atoms with Crippen LogP contribution in [0.5, 0.6) is 0 Å². The largest absolute Gasteiger partial charge is 0.383 e. The molecule has 2 aliphatic rings. The molecule has 2 aromatic rings. The molecule has 0 spiro atoms. The highest BCUT2D eigenvalue weighted by atomic mass is 16.5. The zero-order chi connectivity index (χ0) is 21.3. The molecule has 2 heterocycles. The number of rotatable bonds is 5. The summed E-state index contributed by atoms with van der Waals surface area (Å²) in [4.78, 5) is 50.8. The monoisotopic (exact) mass is 406 g/mol. The van der Waals surface area contributed by atoms with E-state index in [1.807, 2.05) is 6.07 Å². The van der Waals surface area contributed by atoms with Gasteiger partial charge in [0.25, 0.3) is 23.6 Å². The zero-order valence-electron chi connectivity index (χ0n) is 16.1. The van der Waals surface area contributed by atoms with Gasteiger partial charge < -0.3 is 10.1 Å². The SMILES string of the molecule is COCCN1C(=O)c2ccc(C(=O)NC3=NN(c4ccccc4)C(=O)C3)cc2C1=O. The molecule has 0 saturated heterocycles. The fraction of sp³-hybridized carbons (Fsp3) is 0.190. The van der Waals surface area contributed by atoms with Crippen molar-refractivity contribution in [3.63, 3.8) is 0 Å². The van der Waals surface area contributed by atoms with Gasteiger partial charge in [-0.05, 0) is 30.3 Å². The molecular formula is C21H18N4O5. The van der Waals surface area contributed by atoms with E-state index >= 15 is 0 Å². The third-order valence-corrected chi connectivity index (χ3v) is 4.79. The van der Waals surface area contributed by atoms with Gasteiger partial charge in [-0.2, -0.15) is 10.1 Å². The van der Waals surface area contributed by atoms with Crippen LogP contribution < -0.4 is 10.3 Å². The first-order chi connectivity index (χ1) is 14.5. The second-order valence-electron chi connectivity index (χ2n) is 6.73. The molecule has 0 unspecified atom stereocenters. The van der Waals surface area contributed by atoms with Crippen LogP contribution in [-0.4, -0.2) is 54.6 Å². The van der Waals surface area contributed by atoms with Crippen LogP contribution in [0.1, 0.15) is 37.5 Å². The molecule has 30 heavy (non-hydrogen) atoms. The van der Waals surface area contributed by atoms with Crippen LogP contribution in [0.3, 0.4) is 0 Å². The highest BCUT2D eigenvalue weighted by molar-refractivity contribution is 6.23. The Labute approximate surface area is 171 Å². The minimum Gasteiger partial charge on any atom is -0.383 e. The summed E-state index contributed by atoms with van der Waals surface area (Å²) in [5, 5.41) is 8.01. The molecule has 0 radical (unpaired) electrons. The Hall–Kier alpha value is -3.85. The fourth-order valence-electron chi connectivity index (χ4n) is 3.29. The number of hydrogen-bond donors (Lipinski definition) is 1. The average molecular weight is 406 g/mol. The van der Waals surface area contributed by atoms with Gasteiger partial charge in [0.05, 0.1) is 36.4 Å². The summed E-state index contributed by atoms with van der Waals surface area (Å²) >= 11 is 0. The molecule has 1 N–H and O–H groups in total. The number of amidine groups is 1. The molecule has 2 aromatic carbocycles. The van der Waals surface area contributed by atoms with E-state index in [1.54, 1.807) is 24.3 Å². The molecule has 0 aliphatic carbocycles. The van der Waals surface area contributed by atoms with E-state index < -0.39 is 17.7 Å². The van der Waals surface area contributed by atoms with E-state index in [0.29, 0.717) is 5.69 Å². The Morgan fingerprint density at radius 2 is 1.80 bits per heavy atom. The smallest absolute Gasteiger partial charge is 0.261 e. The van der Waals surface area contributed by atoms with Crippen LogP contribution in [0.4, 0.5) is 5.69 Å². The predicted octanol–water partition coefficient (Wildman–Crippen LogP) is 1.41. The molecule has 9 nitrogen and oxygen atoms in total. The Bertz CT molecular complexity index is 1080. The van der Waals surface area contributed by atoms with Crippen molar-refractivity contribution in [2.45, 2.75) is 6.42 Å². The summed E-state index contributed by atoms with van der Waals surface area (Å²) in [6, 6.07) is 13.2. The number of amides is 4. The molecule has 0 saturated carbocycles. The van der Waals surface area contributed by atoms with Crippen LogP contribution >= 0.6 is 0 Å². The number of hydrogen-bond acceptors (Lipinski definition) is 6. The number of carbonyl (C=O) groups is 4. The summed E-state index contributed by atoms with van der Waals surface area (Å²) in [7, 11) is 1.48. The number of nitrogens with zero attached hydrogens (tertiary/aromatic N) is 3. The summed E-state index contributed by atoms with van der Waals surface area (Å²) in [5.41, 5.74) is 1.21. The molecule has 2 aliphatic heterocycles. The van der Waals surface area contributed by atoms with Gasteiger partial charge >= 0.3 is 0 Å². The number of ether oxygens (including phenoxy) is 1. The molecule has 0 atom stereocenters. The molecule has 0 fully saturated rings. The molecular weight excluding hydrogens is 388 g/mol. The number of benzene rings is 2. The molecule has 4 amide bonds. The highest BCUT2D eigenvalue weighted by Gasteiger charge is 2.36. The van der Waals surface area contributed by atoms with E-state index in [2.05, 4.69) is 10.4 Å². The lowest BCUT2D eigenvalue weighted by Crippen LogP contribution is -2.32. The van der Waals surface area contributed by atoms with Crippen LogP contribution in [0.15, 0.2) is 53.6 Å². The van der Waals surface area contributed by atoms with E-state index in [4.69, 9.17) is 4.74 Å². The topological polar surface area (TPSA) is 108 Å². The maximum absolute atomic E-state index is 12.6. The van der Waals surface area contributed by atoms with Crippen molar-refractivity contribution in [1.82, 2.24) is 10.2 Å². The second-order valence-corrected chi connectivity index (χ2v) is 6.73. The lowest BCUT2D eigenvalue weighted by molar-refractivity contribution is -0.116. The number of carbonyl (C=O) groups excluding carboxylic acids is 4. The standard InChI is InChI=1S/C21H18N4O5/c1-30-10-9-24-20(28)15-8-7-13(11-16(15)21(24)29)19(27)22-17-12-18(26)25(23-17)14-5-3-2-4-6-14/h2-8,11H,9-10,12H2,1H3,(H,22,23,27). The normalized spacial score (nSPS) is 15.5. The number of nitrogens with one attached hydrogen (secondary N) is 1. The number of anilines is 1. The maximum Gasteiger partial charge on any atom is 0.261 e. The van der Waals surface area contributed by atoms with E-state index in [9.17, 15) is 19.2 Å². The van der Waals surface area contributed by atoms with Gasteiger partial charge in [-0.3, -0.25) is 24.1 Å². The van der Waals surface area contributed by atoms with Crippen LogP contribution in [-0.2, 0) is 9.53 Å². The predicted molar refractivity (Wildman–Crippen MR) is 107 cm³/mol. The number of imide groups is 1. The minimum atomic E-state index is -0.519. The van der Waals surface area contributed by atoms with Gasteiger partial charge in [0.1, 0.15) is 5.84 Å². The Morgan fingerprint density at radius 3 is 2.53 bits per heavy atom. The van der Waals surface area contributed by atoms with Crippen LogP contribution in [0, 0.1) is 0 Å². The van der Waals surface area contributed by atoms with E-state index in [1.165, 1.54) is 30.3 Å². The first kappa shape index (κ1) is 19.5. The number of methoxy groups -OCH3 is 1. The summed E-state index contributed by atoms with van der Waals surface area (Å²) in [5.74, 6) is -1.46. The quantitative estimate of drug-likeness (QED) is 0.756. The zero-order valence-corrected chi connectivity index (χ0v) is 16.1. The summed E-state index contributed by atoms with van der Waals surface area (Å²) < 4.78 is 4.93. The first-order valence-electron chi connectivity index (χ1n) is 9.25. The third kappa shape index (κ3) is 3.46. The molecule has 0 aromatic heterocycles. The van der Waals surface area contributed by atoms with Crippen LogP contribution in [0.2, 0.25) is 0 Å². The van der Waals surface area contributed by atoms with Gasteiger partial charge in [-0.15, -0.1) is 0 Å². The highest BCUT2D eigenvalue weighted by Crippen LogP contribution is 2.24. The van der Waals surface area contributed by atoms with Gasteiger partial charge in [-0.25, -0.2) is 0 Å². The van der Waals surface area contributed by atoms with Crippen molar-refractivity contribution in [3.05, 3.63) is 65.2 Å². The second kappa shape index (κ2) is 7.88. The van der Waals surface area contributed by atoms with Gasteiger partial charge in [0.2, 0.25) is 0 Å². The first-order valence-corrected chi connectivity index (χ1v) is 9.25. The lowest BCUT2D eigenvalue weighted by Gasteiger charge is -2.12. The average Bonchev–Trinajstić information content (AvgIpc) is 3.24. The summed E-state index contributed by atoms with van der Waals surface area (Å²) in [6.07, 6.45) is -0.0478. The van der Waals surface area contributed by atoms with E-state index in [0.717, 1.165) is 4.90 Å². The number of para-hydroxylation sites is 1. The van der Waals surface area contributed by atoms with Crippen molar-refractivity contribution >= 4 is 35.2 Å². The van der Waals surface area contributed by atoms with Crippen molar-refractivity contribution in [1.29, 1.82) is 0 Å². The number of fused-ring (bicyclic) bond motifs is 1. The maximum atomic E-state index is 12.6. The molecule has 9 heteroatoms. The van der Waals surface area contributed by atoms with Crippen molar-refractivity contribution in [2.24, 2.45) is 5.10 Å². The minimum absolute atomic E-state index is 0.0478.